The molecule has 19 heavy (non-hydrogen) atoms. The van der Waals surface area contributed by atoms with Gasteiger partial charge >= 0.3 is 0 Å². The van der Waals surface area contributed by atoms with Gasteiger partial charge in [0.1, 0.15) is 0 Å². The molecule has 1 unspecified atom stereocenters. The van der Waals surface area contributed by atoms with Crippen molar-refractivity contribution in [1.29, 1.82) is 0 Å². The molecular formula is C16H27NOS. The molecule has 0 saturated heterocycles. The lowest BCUT2D eigenvalue weighted by Gasteiger charge is -2.28. The van der Waals surface area contributed by atoms with Crippen LogP contribution in [0.3, 0.4) is 0 Å². The van der Waals surface area contributed by atoms with Crippen LogP contribution < -0.4 is 5.32 Å². The Morgan fingerprint density at radius 2 is 2.16 bits per heavy atom. The third-order valence-electron chi connectivity index (χ3n) is 3.28. The van der Waals surface area contributed by atoms with E-state index >= 15 is 0 Å². The monoisotopic (exact) mass is 281 g/mol. The van der Waals surface area contributed by atoms with Gasteiger partial charge in [-0.2, -0.15) is 0 Å². The summed E-state index contributed by atoms with van der Waals surface area (Å²) >= 11 is 1.90. The maximum absolute atomic E-state index is 9.50. The molecule has 2 N–H and O–H groups in total. The first-order chi connectivity index (χ1) is 9.09. The molecule has 1 atom stereocenters. The Morgan fingerprint density at radius 1 is 1.37 bits per heavy atom. The van der Waals surface area contributed by atoms with Crippen molar-refractivity contribution in [3.63, 3.8) is 0 Å². The highest BCUT2D eigenvalue weighted by molar-refractivity contribution is 7.99. The van der Waals surface area contributed by atoms with Crippen molar-refractivity contribution in [3.05, 3.63) is 29.8 Å². The van der Waals surface area contributed by atoms with Gasteiger partial charge in [-0.05, 0) is 57.5 Å². The maximum atomic E-state index is 9.50. The average Bonchev–Trinajstić information content (AvgIpc) is 2.42. The van der Waals surface area contributed by atoms with Crippen molar-refractivity contribution >= 4 is 11.8 Å². The van der Waals surface area contributed by atoms with E-state index < -0.39 is 0 Å². The summed E-state index contributed by atoms with van der Waals surface area (Å²) in [6.45, 7) is 7.57. The second-order valence-corrected chi connectivity index (χ2v) is 6.58. The second kappa shape index (κ2) is 8.62. The van der Waals surface area contributed by atoms with Gasteiger partial charge in [0, 0.05) is 10.4 Å². The lowest BCUT2D eigenvalue weighted by Crippen LogP contribution is -2.46. The fourth-order valence-corrected chi connectivity index (χ4v) is 2.98. The fraction of sp³-hybridized carbons (Fsp3) is 0.625. The highest BCUT2D eigenvalue weighted by Gasteiger charge is 2.21. The Labute approximate surface area is 122 Å². The van der Waals surface area contributed by atoms with E-state index in [1.165, 1.54) is 10.5 Å². The number of aryl methyl sites for hydroxylation is 1. The Kier molecular flexibility index (Phi) is 7.51. The quantitative estimate of drug-likeness (QED) is 0.535. The molecule has 1 rings (SSSR count). The van der Waals surface area contributed by atoms with E-state index in [0.29, 0.717) is 0 Å². The highest BCUT2D eigenvalue weighted by Crippen LogP contribution is 2.22. The van der Waals surface area contributed by atoms with Crippen LogP contribution in [-0.2, 0) is 0 Å². The first kappa shape index (κ1) is 16.5. The molecule has 1 aromatic rings. The van der Waals surface area contributed by atoms with Crippen molar-refractivity contribution in [1.82, 2.24) is 5.32 Å². The average molecular weight is 281 g/mol. The zero-order chi connectivity index (χ0) is 14.1. The summed E-state index contributed by atoms with van der Waals surface area (Å²) < 4.78 is 0. The lowest BCUT2D eigenvalue weighted by atomic mass is 9.97. The van der Waals surface area contributed by atoms with Crippen LogP contribution in [0.1, 0.15) is 38.7 Å². The molecule has 2 nitrogen and oxygen atoms in total. The van der Waals surface area contributed by atoms with E-state index in [4.69, 9.17) is 0 Å². The maximum Gasteiger partial charge on any atom is 0.0610 e. The molecule has 3 heteroatoms. The number of hydrogen-bond acceptors (Lipinski definition) is 3. The smallest absolute Gasteiger partial charge is 0.0610 e. The van der Waals surface area contributed by atoms with Gasteiger partial charge in [-0.1, -0.05) is 24.6 Å². The number of hydrogen-bond donors (Lipinski definition) is 2. The van der Waals surface area contributed by atoms with Gasteiger partial charge in [0.2, 0.25) is 0 Å². The Hall–Kier alpha value is -0.510. The Balaban J connectivity index is 2.29. The van der Waals surface area contributed by atoms with E-state index in [1.807, 2.05) is 11.8 Å². The first-order valence-corrected chi connectivity index (χ1v) is 8.13. The van der Waals surface area contributed by atoms with Crippen molar-refractivity contribution < 1.29 is 5.11 Å². The standard InChI is InChI=1S/C16H27NOS/c1-4-10-17-16(3,13-18)9-6-11-19-15-8-5-7-14(2)12-15/h5,7-8,12,17-18H,4,6,9-11,13H2,1-3H3. The summed E-state index contributed by atoms with van der Waals surface area (Å²) in [5, 5.41) is 12.9. The molecular weight excluding hydrogens is 254 g/mol. The van der Waals surface area contributed by atoms with Crippen molar-refractivity contribution in [2.75, 3.05) is 18.9 Å². The van der Waals surface area contributed by atoms with Crippen molar-refractivity contribution in [3.8, 4) is 0 Å². The highest BCUT2D eigenvalue weighted by atomic mass is 32.2. The van der Waals surface area contributed by atoms with Gasteiger partial charge in [-0.3, -0.25) is 0 Å². The summed E-state index contributed by atoms with van der Waals surface area (Å²) in [6, 6.07) is 8.63. The van der Waals surface area contributed by atoms with E-state index in [2.05, 4.69) is 50.4 Å². The molecule has 0 fully saturated rings. The van der Waals surface area contributed by atoms with Crippen LogP contribution in [0, 0.1) is 6.92 Å². The molecule has 0 heterocycles. The zero-order valence-corrected chi connectivity index (χ0v) is 13.2. The molecule has 1 aromatic carbocycles. The van der Waals surface area contributed by atoms with E-state index in [0.717, 1.165) is 31.6 Å². The van der Waals surface area contributed by atoms with Crippen LogP contribution >= 0.6 is 11.8 Å². The molecule has 0 bridgehead atoms. The molecule has 0 aliphatic rings. The lowest BCUT2D eigenvalue weighted by molar-refractivity contribution is 0.165. The molecule has 0 aliphatic heterocycles. The summed E-state index contributed by atoms with van der Waals surface area (Å²) in [5.41, 5.74) is 1.19. The van der Waals surface area contributed by atoms with Gasteiger partial charge in [-0.25, -0.2) is 0 Å². The molecule has 0 aromatic heterocycles. The van der Waals surface area contributed by atoms with Crippen molar-refractivity contribution in [2.45, 2.75) is 50.5 Å². The summed E-state index contributed by atoms with van der Waals surface area (Å²) in [6.07, 6.45) is 3.24. The van der Waals surface area contributed by atoms with Gasteiger partial charge in [0.15, 0.2) is 0 Å². The normalized spacial score (nSPS) is 14.3. The van der Waals surface area contributed by atoms with Crippen molar-refractivity contribution in [2.24, 2.45) is 0 Å². The number of aliphatic hydroxyl groups excluding tert-OH is 1. The Bertz CT molecular complexity index is 370. The summed E-state index contributed by atoms with van der Waals surface area (Å²) in [4.78, 5) is 1.34. The molecule has 0 radical (unpaired) electrons. The van der Waals surface area contributed by atoms with Crippen LogP contribution in [0.15, 0.2) is 29.2 Å². The minimum Gasteiger partial charge on any atom is -0.394 e. The summed E-state index contributed by atoms with van der Waals surface area (Å²) in [7, 11) is 0. The van der Waals surface area contributed by atoms with Gasteiger partial charge < -0.3 is 10.4 Å². The zero-order valence-electron chi connectivity index (χ0n) is 12.4. The van der Waals surface area contributed by atoms with Crippen LogP contribution in [0.2, 0.25) is 0 Å². The molecule has 0 spiro atoms. The minimum atomic E-state index is -0.122. The van der Waals surface area contributed by atoms with Crippen LogP contribution in [0.5, 0.6) is 0 Å². The SMILES string of the molecule is CCCNC(C)(CO)CCCSc1cccc(C)c1. The predicted octanol–water partition coefficient (Wildman–Crippen LogP) is 3.62. The first-order valence-electron chi connectivity index (χ1n) is 7.15. The molecule has 0 aliphatic carbocycles. The fourth-order valence-electron chi connectivity index (χ4n) is 2.01. The van der Waals surface area contributed by atoms with Gasteiger partial charge in [0.05, 0.1) is 6.61 Å². The number of aliphatic hydroxyl groups is 1. The second-order valence-electron chi connectivity index (χ2n) is 5.41. The van der Waals surface area contributed by atoms with E-state index in [9.17, 15) is 5.11 Å². The largest absolute Gasteiger partial charge is 0.394 e. The van der Waals surface area contributed by atoms with Crippen LogP contribution in [0.4, 0.5) is 0 Å². The number of thioether (sulfide) groups is 1. The van der Waals surface area contributed by atoms with Gasteiger partial charge in [0.25, 0.3) is 0 Å². The third-order valence-corrected chi connectivity index (χ3v) is 4.36. The molecule has 0 amide bonds. The third kappa shape index (κ3) is 6.46. The summed E-state index contributed by atoms with van der Waals surface area (Å²) in [5.74, 6) is 1.10. The number of benzene rings is 1. The number of rotatable bonds is 9. The Morgan fingerprint density at radius 3 is 2.79 bits per heavy atom. The van der Waals surface area contributed by atoms with Crippen LogP contribution in [0.25, 0.3) is 0 Å². The number of nitrogens with one attached hydrogen (secondary N) is 1. The predicted molar refractivity (Wildman–Crippen MR) is 84.9 cm³/mol. The van der Waals surface area contributed by atoms with E-state index in [-0.39, 0.29) is 12.1 Å². The van der Waals surface area contributed by atoms with E-state index in [1.54, 1.807) is 0 Å². The molecule has 0 saturated carbocycles. The molecule has 108 valence electrons. The topological polar surface area (TPSA) is 32.3 Å². The van der Waals surface area contributed by atoms with Gasteiger partial charge in [-0.15, -0.1) is 11.8 Å². The van der Waals surface area contributed by atoms with Crippen LogP contribution in [-0.4, -0.2) is 29.5 Å². The minimum absolute atomic E-state index is 0.122.